The third-order valence-electron chi connectivity index (χ3n) is 7.63. The first-order valence-corrected chi connectivity index (χ1v) is 12.5. The lowest BCUT2D eigenvalue weighted by Crippen LogP contribution is -2.41. The predicted octanol–water partition coefficient (Wildman–Crippen LogP) is 4.43. The SMILES string of the molecule is CC1CCN(c2nc3c(c(N4CCC(C)CC4)n2)CN(C(=O)c2ccc(F)cc2F)CC3)CC1. The summed E-state index contributed by atoms with van der Waals surface area (Å²) in [5, 5.41) is 0. The summed E-state index contributed by atoms with van der Waals surface area (Å²) in [5.41, 5.74) is 1.85. The molecule has 1 aromatic heterocycles. The molecule has 0 aliphatic carbocycles. The summed E-state index contributed by atoms with van der Waals surface area (Å²) >= 11 is 0. The molecule has 8 heteroatoms. The molecule has 0 atom stereocenters. The van der Waals surface area contributed by atoms with E-state index in [1.165, 1.54) is 6.07 Å². The first-order valence-electron chi connectivity index (χ1n) is 12.5. The van der Waals surface area contributed by atoms with Gasteiger partial charge < -0.3 is 14.7 Å². The maximum atomic E-state index is 14.3. The van der Waals surface area contributed by atoms with Gasteiger partial charge >= 0.3 is 0 Å². The minimum atomic E-state index is -0.827. The van der Waals surface area contributed by atoms with Crippen molar-refractivity contribution in [3.8, 4) is 0 Å². The van der Waals surface area contributed by atoms with Crippen molar-refractivity contribution in [1.82, 2.24) is 14.9 Å². The number of rotatable bonds is 3. The van der Waals surface area contributed by atoms with Crippen molar-refractivity contribution in [2.24, 2.45) is 11.8 Å². The smallest absolute Gasteiger partial charge is 0.257 e. The molecule has 3 aliphatic heterocycles. The zero-order valence-electron chi connectivity index (χ0n) is 20.1. The molecule has 0 unspecified atom stereocenters. The van der Waals surface area contributed by atoms with Crippen LogP contribution in [0.15, 0.2) is 18.2 Å². The van der Waals surface area contributed by atoms with E-state index in [0.29, 0.717) is 25.4 Å². The van der Waals surface area contributed by atoms with Crippen LogP contribution in [0.4, 0.5) is 20.5 Å². The number of benzene rings is 1. The van der Waals surface area contributed by atoms with Gasteiger partial charge in [-0.15, -0.1) is 0 Å². The Bertz CT molecular complexity index is 1060. The van der Waals surface area contributed by atoms with E-state index in [1.54, 1.807) is 4.90 Å². The third-order valence-corrected chi connectivity index (χ3v) is 7.63. The summed E-state index contributed by atoms with van der Waals surface area (Å²) in [5.74, 6) is 1.20. The normalized spacial score (nSPS) is 19.9. The van der Waals surface area contributed by atoms with Gasteiger partial charge in [0.25, 0.3) is 5.91 Å². The van der Waals surface area contributed by atoms with E-state index in [9.17, 15) is 13.6 Å². The molecule has 0 bridgehead atoms. The number of hydrogen-bond acceptors (Lipinski definition) is 5. The largest absolute Gasteiger partial charge is 0.356 e. The molecule has 5 rings (SSSR count). The van der Waals surface area contributed by atoms with E-state index in [2.05, 4.69) is 23.6 Å². The van der Waals surface area contributed by atoms with Crippen molar-refractivity contribution in [2.75, 3.05) is 42.5 Å². The van der Waals surface area contributed by atoms with Crippen molar-refractivity contribution >= 4 is 17.7 Å². The highest BCUT2D eigenvalue weighted by atomic mass is 19.1. The number of carbonyl (C=O) groups is 1. The number of piperidine rings is 2. The Morgan fingerprint density at radius 1 is 0.912 bits per heavy atom. The van der Waals surface area contributed by atoms with Gasteiger partial charge in [-0.2, -0.15) is 4.98 Å². The van der Waals surface area contributed by atoms with E-state index in [1.807, 2.05) is 0 Å². The molecule has 1 amide bonds. The Labute approximate surface area is 200 Å². The highest BCUT2D eigenvalue weighted by Gasteiger charge is 2.31. The molecule has 0 spiro atoms. The molecule has 2 fully saturated rings. The predicted molar refractivity (Wildman–Crippen MR) is 128 cm³/mol. The standard InChI is InChI=1S/C26H33F2N5O/c1-17-5-10-31(11-6-17)24-21-16-33(25(34)20-4-3-19(27)15-22(20)28)14-9-23(21)29-26(30-24)32-12-7-18(2)8-13-32/h3-4,15,17-18H,5-14,16H2,1-2H3. The number of aromatic nitrogens is 2. The van der Waals surface area contributed by atoms with Gasteiger partial charge in [0, 0.05) is 50.8 Å². The van der Waals surface area contributed by atoms with Gasteiger partial charge in [0.1, 0.15) is 17.5 Å². The van der Waals surface area contributed by atoms with Crippen LogP contribution in [0.25, 0.3) is 0 Å². The first kappa shape index (κ1) is 23.0. The summed E-state index contributed by atoms with van der Waals surface area (Å²) < 4.78 is 27.7. The van der Waals surface area contributed by atoms with Crippen molar-refractivity contribution < 1.29 is 13.6 Å². The molecule has 182 valence electrons. The summed E-state index contributed by atoms with van der Waals surface area (Å²) in [4.78, 5) is 29.4. The number of fused-ring (bicyclic) bond motifs is 1. The number of hydrogen-bond donors (Lipinski definition) is 0. The number of amides is 1. The van der Waals surface area contributed by atoms with Crippen LogP contribution < -0.4 is 9.80 Å². The highest BCUT2D eigenvalue weighted by Crippen LogP contribution is 2.33. The Morgan fingerprint density at radius 2 is 1.56 bits per heavy atom. The van der Waals surface area contributed by atoms with Crippen LogP contribution >= 0.6 is 0 Å². The van der Waals surface area contributed by atoms with Crippen molar-refractivity contribution in [1.29, 1.82) is 0 Å². The minimum Gasteiger partial charge on any atom is -0.356 e. The number of halogens is 2. The van der Waals surface area contributed by atoms with Crippen LogP contribution in [-0.2, 0) is 13.0 Å². The summed E-state index contributed by atoms with van der Waals surface area (Å²) in [6, 6.07) is 3.12. The van der Waals surface area contributed by atoms with Gasteiger partial charge in [-0.3, -0.25) is 4.79 Å². The first-order chi connectivity index (χ1) is 16.4. The number of carbonyl (C=O) groups excluding carboxylic acids is 1. The quantitative estimate of drug-likeness (QED) is 0.666. The van der Waals surface area contributed by atoms with Gasteiger partial charge in [0.05, 0.1) is 17.8 Å². The molecular weight excluding hydrogens is 436 g/mol. The third kappa shape index (κ3) is 4.59. The molecule has 2 saturated heterocycles. The lowest BCUT2D eigenvalue weighted by atomic mass is 9.97. The monoisotopic (exact) mass is 469 g/mol. The molecule has 2 aromatic rings. The zero-order chi connectivity index (χ0) is 23.8. The fraction of sp³-hybridized carbons (Fsp3) is 0.577. The van der Waals surface area contributed by atoms with Crippen LogP contribution in [-0.4, -0.2) is 53.5 Å². The van der Waals surface area contributed by atoms with Gasteiger partial charge in [-0.25, -0.2) is 13.8 Å². The molecule has 3 aliphatic rings. The van der Waals surface area contributed by atoms with Gasteiger partial charge in [-0.05, 0) is 49.7 Å². The maximum absolute atomic E-state index is 14.3. The van der Waals surface area contributed by atoms with E-state index >= 15 is 0 Å². The summed E-state index contributed by atoms with van der Waals surface area (Å²) in [7, 11) is 0. The van der Waals surface area contributed by atoms with Crippen molar-refractivity contribution in [3.63, 3.8) is 0 Å². The molecule has 1 aromatic carbocycles. The molecular formula is C26H33F2N5O. The van der Waals surface area contributed by atoms with E-state index < -0.39 is 17.5 Å². The fourth-order valence-corrected chi connectivity index (χ4v) is 5.22. The second kappa shape index (κ2) is 9.47. The van der Waals surface area contributed by atoms with Gasteiger partial charge in [0.15, 0.2) is 0 Å². The number of nitrogens with zero attached hydrogens (tertiary/aromatic N) is 5. The lowest BCUT2D eigenvalue weighted by Gasteiger charge is -2.37. The zero-order valence-corrected chi connectivity index (χ0v) is 20.1. The molecule has 0 saturated carbocycles. The van der Waals surface area contributed by atoms with Crippen LogP contribution in [0.5, 0.6) is 0 Å². The van der Waals surface area contributed by atoms with Crippen LogP contribution in [0.3, 0.4) is 0 Å². The maximum Gasteiger partial charge on any atom is 0.257 e. The second-order valence-electron chi connectivity index (χ2n) is 10.2. The Morgan fingerprint density at radius 3 is 2.21 bits per heavy atom. The van der Waals surface area contributed by atoms with E-state index in [0.717, 1.165) is 92.9 Å². The van der Waals surface area contributed by atoms with Crippen molar-refractivity contribution in [2.45, 2.75) is 52.5 Å². The van der Waals surface area contributed by atoms with Crippen LogP contribution in [0.1, 0.15) is 61.1 Å². The number of anilines is 2. The molecule has 6 nitrogen and oxygen atoms in total. The lowest BCUT2D eigenvalue weighted by molar-refractivity contribution is 0.0728. The average molecular weight is 470 g/mol. The molecule has 34 heavy (non-hydrogen) atoms. The second-order valence-corrected chi connectivity index (χ2v) is 10.2. The Hall–Kier alpha value is -2.77. The molecule has 0 radical (unpaired) electrons. The highest BCUT2D eigenvalue weighted by molar-refractivity contribution is 5.94. The van der Waals surface area contributed by atoms with E-state index in [-0.39, 0.29) is 5.56 Å². The average Bonchev–Trinajstić information content (AvgIpc) is 2.84. The van der Waals surface area contributed by atoms with E-state index in [4.69, 9.17) is 9.97 Å². The fourth-order valence-electron chi connectivity index (χ4n) is 5.22. The van der Waals surface area contributed by atoms with Crippen molar-refractivity contribution in [3.05, 3.63) is 46.7 Å². The van der Waals surface area contributed by atoms with Gasteiger partial charge in [0.2, 0.25) is 5.95 Å². The summed E-state index contributed by atoms with van der Waals surface area (Å²) in [6.45, 7) is 9.15. The van der Waals surface area contributed by atoms with Gasteiger partial charge in [-0.1, -0.05) is 13.8 Å². The molecule has 4 heterocycles. The van der Waals surface area contributed by atoms with Crippen LogP contribution in [0, 0.1) is 23.5 Å². The molecule has 0 N–H and O–H groups in total. The van der Waals surface area contributed by atoms with Crippen LogP contribution in [0.2, 0.25) is 0 Å². The Kier molecular flexibility index (Phi) is 6.40. The minimum absolute atomic E-state index is 0.0989. The topological polar surface area (TPSA) is 52.6 Å². The summed E-state index contributed by atoms with van der Waals surface area (Å²) in [6.07, 6.45) is 5.10. The Balaban J connectivity index is 1.46.